The number of Topliss-reactive ketones (excluding diaryl/α,β-unsaturated/α-hetero) is 1. The fourth-order valence-corrected chi connectivity index (χ4v) is 1.97. The van der Waals surface area contributed by atoms with Crippen LogP contribution in [0.4, 0.5) is 0 Å². The smallest absolute Gasteiger partial charge is 0.160 e. The van der Waals surface area contributed by atoms with Crippen LogP contribution in [0.25, 0.3) is 0 Å². The Balaban J connectivity index is 2.39. The highest BCUT2D eigenvalue weighted by molar-refractivity contribution is 5.79. The summed E-state index contributed by atoms with van der Waals surface area (Å²) in [5.41, 5.74) is 2.50. The number of benzene rings is 1. The van der Waals surface area contributed by atoms with Gasteiger partial charge in [0.15, 0.2) is 5.78 Å². The number of allylic oxidation sites excluding steroid dienone is 2. The van der Waals surface area contributed by atoms with Crippen LogP contribution in [0.3, 0.4) is 0 Å². The van der Waals surface area contributed by atoms with E-state index >= 15 is 0 Å². The number of aliphatic hydroxyl groups is 2. The number of carbonyl (C=O) groups excluding carboxylic acids is 1. The third kappa shape index (κ3) is 6.32. The minimum Gasteiger partial charge on any atom is -0.393 e. The lowest BCUT2D eigenvalue weighted by Crippen LogP contribution is -2.16. The molecular formula is C16H22O3. The van der Waals surface area contributed by atoms with Gasteiger partial charge in [-0.15, -0.1) is 0 Å². The van der Waals surface area contributed by atoms with Crippen LogP contribution < -0.4 is 0 Å². The molecule has 0 radical (unpaired) electrons. The fourth-order valence-electron chi connectivity index (χ4n) is 1.97. The molecule has 0 aliphatic rings. The van der Waals surface area contributed by atoms with Crippen LogP contribution in [0.5, 0.6) is 0 Å². The molecule has 0 amide bonds. The second-order valence-electron chi connectivity index (χ2n) is 4.70. The first kappa shape index (κ1) is 15.6. The van der Waals surface area contributed by atoms with Crippen molar-refractivity contribution in [3.05, 3.63) is 47.5 Å². The van der Waals surface area contributed by atoms with Gasteiger partial charge < -0.3 is 10.2 Å². The van der Waals surface area contributed by atoms with Gasteiger partial charge in [-0.2, -0.15) is 0 Å². The highest BCUT2D eigenvalue weighted by Crippen LogP contribution is 2.15. The molecule has 0 spiro atoms. The Morgan fingerprint density at radius 1 is 1.32 bits per heavy atom. The van der Waals surface area contributed by atoms with E-state index in [9.17, 15) is 9.90 Å². The first-order valence-electron chi connectivity index (χ1n) is 6.64. The molecule has 1 atom stereocenters. The number of ketones is 1. The van der Waals surface area contributed by atoms with Gasteiger partial charge in [0, 0.05) is 6.42 Å². The molecule has 1 aromatic rings. The lowest BCUT2D eigenvalue weighted by Gasteiger charge is -2.11. The minimum atomic E-state index is -0.662. The summed E-state index contributed by atoms with van der Waals surface area (Å²) in [4.78, 5) is 11.0. The minimum absolute atomic E-state index is 0.0405. The maximum absolute atomic E-state index is 11.0. The van der Waals surface area contributed by atoms with Crippen LogP contribution in [0.1, 0.15) is 31.7 Å². The van der Waals surface area contributed by atoms with Gasteiger partial charge >= 0.3 is 0 Å². The molecule has 2 N–H and O–H groups in total. The topological polar surface area (TPSA) is 57.5 Å². The predicted molar refractivity (Wildman–Crippen MR) is 75.9 cm³/mol. The molecule has 0 bridgehead atoms. The Kier molecular flexibility index (Phi) is 7.08. The van der Waals surface area contributed by atoms with E-state index < -0.39 is 12.7 Å². The molecule has 1 unspecified atom stereocenters. The van der Waals surface area contributed by atoms with Crippen molar-refractivity contribution in [3.63, 3.8) is 0 Å². The molecule has 104 valence electrons. The molecule has 0 heterocycles. The van der Waals surface area contributed by atoms with E-state index in [0.717, 1.165) is 12.8 Å². The number of aliphatic hydroxyl groups excluding tert-OH is 2. The Labute approximate surface area is 114 Å². The van der Waals surface area contributed by atoms with Crippen molar-refractivity contribution in [2.24, 2.45) is 0 Å². The molecule has 0 aromatic heterocycles. The monoisotopic (exact) mass is 262 g/mol. The van der Waals surface area contributed by atoms with E-state index in [1.54, 1.807) is 0 Å². The van der Waals surface area contributed by atoms with Gasteiger partial charge in [0.05, 0.1) is 6.10 Å². The molecule has 1 rings (SSSR count). The molecule has 0 aliphatic carbocycles. The van der Waals surface area contributed by atoms with Crippen LogP contribution >= 0.6 is 0 Å². The summed E-state index contributed by atoms with van der Waals surface area (Å²) in [6.07, 6.45) is 3.64. The van der Waals surface area contributed by atoms with E-state index in [0.29, 0.717) is 6.42 Å². The fraction of sp³-hybridized carbons (Fsp3) is 0.438. The van der Waals surface area contributed by atoms with E-state index in [2.05, 4.69) is 18.2 Å². The van der Waals surface area contributed by atoms with Crippen molar-refractivity contribution < 1.29 is 15.0 Å². The van der Waals surface area contributed by atoms with Crippen molar-refractivity contribution >= 4 is 5.78 Å². The van der Waals surface area contributed by atoms with Crippen molar-refractivity contribution in [1.29, 1.82) is 0 Å². The third-order valence-corrected chi connectivity index (χ3v) is 3.12. The van der Waals surface area contributed by atoms with Gasteiger partial charge in [-0.25, -0.2) is 0 Å². The Morgan fingerprint density at radius 2 is 2.00 bits per heavy atom. The van der Waals surface area contributed by atoms with Crippen molar-refractivity contribution in [2.45, 2.75) is 38.7 Å². The molecular weight excluding hydrogens is 240 g/mol. The van der Waals surface area contributed by atoms with Gasteiger partial charge in [-0.05, 0) is 31.7 Å². The highest BCUT2D eigenvalue weighted by Gasteiger charge is 2.10. The van der Waals surface area contributed by atoms with Crippen LogP contribution in [-0.4, -0.2) is 28.7 Å². The van der Waals surface area contributed by atoms with Gasteiger partial charge in [-0.3, -0.25) is 4.79 Å². The van der Waals surface area contributed by atoms with E-state index in [1.807, 2.05) is 25.1 Å². The quantitative estimate of drug-likeness (QED) is 0.707. The van der Waals surface area contributed by atoms with Crippen LogP contribution in [0.2, 0.25) is 0 Å². The highest BCUT2D eigenvalue weighted by atomic mass is 16.3. The first-order valence-corrected chi connectivity index (χ1v) is 6.64. The van der Waals surface area contributed by atoms with Crippen LogP contribution in [-0.2, 0) is 11.2 Å². The normalized spacial score (nSPS) is 13.3. The number of hydrogen-bond acceptors (Lipinski definition) is 3. The first-order chi connectivity index (χ1) is 9.15. The van der Waals surface area contributed by atoms with Crippen molar-refractivity contribution in [1.82, 2.24) is 0 Å². The predicted octanol–water partition coefficient (Wildman–Crippen LogP) is 2.27. The zero-order valence-corrected chi connectivity index (χ0v) is 11.4. The number of hydrogen-bond donors (Lipinski definition) is 2. The Morgan fingerprint density at radius 3 is 2.58 bits per heavy atom. The summed E-state index contributed by atoms with van der Waals surface area (Å²) in [7, 11) is 0. The molecule has 3 heteroatoms. The second kappa shape index (κ2) is 8.62. The summed E-state index contributed by atoms with van der Waals surface area (Å²) in [6.45, 7) is 1.50. The molecule has 1 aromatic carbocycles. The van der Waals surface area contributed by atoms with E-state index in [4.69, 9.17) is 5.11 Å². The maximum atomic E-state index is 11.0. The van der Waals surface area contributed by atoms with Gasteiger partial charge in [0.2, 0.25) is 0 Å². The molecule has 0 saturated carbocycles. The lowest BCUT2D eigenvalue weighted by molar-refractivity contribution is -0.123. The zero-order valence-electron chi connectivity index (χ0n) is 11.4. The number of carbonyl (C=O) groups is 1. The van der Waals surface area contributed by atoms with Gasteiger partial charge in [0.1, 0.15) is 6.61 Å². The molecule has 0 aliphatic heterocycles. The lowest BCUT2D eigenvalue weighted by atomic mass is 9.98. The summed E-state index contributed by atoms with van der Waals surface area (Å²) >= 11 is 0. The molecule has 19 heavy (non-hydrogen) atoms. The second-order valence-corrected chi connectivity index (χ2v) is 4.70. The Bertz CT molecular complexity index is 409. The average Bonchev–Trinajstić information content (AvgIpc) is 2.44. The average molecular weight is 262 g/mol. The van der Waals surface area contributed by atoms with E-state index in [-0.39, 0.29) is 12.2 Å². The van der Waals surface area contributed by atoms with Gasteiger partial charge in [-0.1, -0.05) is 42.0 Å². The molecule has 0 fully saturated rings. The largest absolute Gasteiger partial charge is 0.393 e. The molecule has 0 saturated heterocycles. The van der Waals surface area contributed by atoms with E-state index in [1.165, 1.54) is 11.1 Å². The summed E-state index contributed by atoms with van der Waals surface area (Å²) in [5, 5.41) is 18.3. The van der Waals surface area contributed by atoms with Crippen LogP contribution in [0.15, 0.2) is 42.0 Å². The van der Waals surface area contributed by atoms with Gasteiger partial charge in [0.25, 0.3) is 0 Å². The zero-order chi connectivity index (χ0) is 14.1. The Hall–Kier alpha value is -1.45. The summed E-state index contributed by atoms with van der Waals surface area (Å²) in [6, 6.07) is 10.2. The van der Waals surface area contributed by atoms with Crippen LogP contribution in [0, 0.1) is 0 Å². The SMILES string of the molecule is C/C=C(\CCC(O)CC(=O)CO)Cc1ccccc1. The summed E-state index contributed by atoms with van der Waals surface area (Å²) in [5.74, 6) is -0.308. The van der Waals surface area contributed by atoms with Crippen molar-refractivity contribution in [2.75, 3.05) is 6.61 Å². The molecule has 3 nitrogen and oxygen atoms in total. The summed E-state index contributed by atoms with van der Waals surface area (Å²) < 4.78 is 0. The number of rotatable bonds is 8. The van der Waals surface area contributed by atoms with Crippen molar-refractivity contribution in [3.8, 4) is 0 Å². The standard InChI is InChI=1S/C16H22O3/c1-2-13(10-14-6-4-3-5-7-14)8-9-15(18)11-16(19)12-17/h2-7,15,17-18H,8-12H2,1H3/b13-2+. The third-order valence-electron chi connectivity index (χ3n) is 3.12. The maximum Gasteiger partial charge on any atom is 0.160 e.